The molecule has 0 spiro atoms. The first-order chi connectivity index (χ1) is 12.8. The molecule has 1 amide bonds. The van der Waals surface area contributed by atoms with Gasteiger partial charge < -0.3 is 14.8 Å². The molecular formula is C17H19BrN2O5S2. The van der Waals surface area contributed by atoms with E-state index in [4.69, 9.17) is 9.47 Å². The largest absolute Gasteiger partial charge is 0.497 e. The van der Waals surface area contributed by atoms with Crippen molar-refractivity contribution in [3.8, 4) is 11.5 Å². The summed E-state index contributed by atoms with van der Waals surface area (Å²) in [4.78, 5) is 12.8. The van der Waals surface area contributed by atoms with E-state index < -0.39 is 16.1 Å². The van der Waals surface area contributed by atoms with Gasteiger partial charge in [-0.2, -0.15) is 4.31 Å². The second-order valence-electron chi connectivity index (χ2n) is 5.92. The van der Waals surface area contributed by atoms with Crippen LogP contribution >= 0.6 is 27.3 Å². The van der Waals surface area contributed by atoms with E-state index in [0.717, 1.165) is 15.1 Å². The van der Waals surface area contributed by atoms with Gasteiger partial charge in [0.05, 0.1) is 18.0 Å². The van der Waals surface area contributed by atoms with Crippen LogP contribution in [-0.2, 0) is 14.8 Å². The minimum atomic E-state index is -3.72. The summed E-state index contributed by atoms with van der Waals surface area (Å²) in [5.41, 5.74) is 0.485. The standard InChI is InChI=1S/C17H19BrN2O5S2/c1-24-12-8-11(9-13(10-12)25-2)19-17(21)14-4-3-7-20(14)27(22,23)16-6-5-15(18)26-16/h5-6,8-10,14H,3-4,7H2,1-2H3,(H,19,21). The monoisotopic (exact) mass is 474 g/mol. The topological polar surface area (TPSA) is 84.9 Å². The molecule has 10 heteroatoms. The second-order valence-corrected chi connectivity index (χ2v) is 10.5. The van der Waals surface area contributed by atoms with E-state index in [1.54, 1.807) is 30.3 Å². The van der Waals surface area contributed by atoms with Gasteiger partial charge in [0.1, 0.15) is 21.8 Å². The Morgan fingerprint density at radius 1 is 1.22 bits per heavy atom. The molecule has 1 atom stereocenters. The molecule has 146 valence electrons. The highest BCUT2D eigenvalue weighted by Crippen LogP contribution is 2.33. The number of methoxy groups -OCH3 is 2. The van der Waals surface area contributed by atoms with Crippen LogP contribution in [0, 0.1) is 0 Å². The molecule has 1 aliphatic heterocycles. The fourth-order valence-electron chi connectivity index (χ4n) is 2.95. The number of ether oxygens (including phenoxy) is 2. The molecule has 27 heavy (non-hydrogen) atoms. The molecular weight excluding hydrogens is 456 g/mol. The summed E-state index contributed by atoms with van der Waals surface area (Å²) < 4.78 is 38.4. The lowest BCUT2D eigenvalue weighted by atomic mass is 10.2. The molecule has 2 aromatic rings. The summed E-state index contributed by atoms with van der Waals surface area (Å²) in [5.74, 6) is 0.690. The van der Waals surface area contributed by atoms with Crippen LogP contribution in [0.15, 0.2) is 38.3 Å². The second kappa shape index (κ2) is 8.17. The average Bonchev–Trinajstić information content (AvgIpc) is 3.31. The van der Waals surface area contributed by atoms with Gasteiger partial charge in [-0.05, 0) is 40.9 Å². The van der Waals surface area contributed by atoms with Crippen molar-refractivity contribution in [2.75, 3.05) is 26.1 Å². The van der Waals surface area contributed by atoms with E-state index in [2.05, 4.69) is 21.2 Å². The maximum atomic E-state index is 12.9. The van der Waals surface area contributed by atoms with Crippen LogP contribution < -0.4 is 14.8 Å². The summed E-state index contributed by atoms with van der Waals surface area (Å²) in [6, 6.07) is 7.48. The predicted octanol–water partition coefficient (Wildman–Crippen LogP) is 3.32. The van der Waals surface area contributed by atoms with Gasteiger partial charge in [0, 0.05) is 30.4 Å². The molecule has 1 unspecified atom stereocenters. The Balaban J connectivity index is 1.82. The van der Waals surface area contributed by atoms with Crippen molar-refractivity contribution in [3.63, 3.8) is 0 Å². The minimum absolute atomic E-state index is 0.220. The molecule has 1 fully saturated rings. The number of nitrogens with zero attached hydrogens (tertiary/aromatic N) is 1. The number of sulfonamides is 1. The van der Waals surface area contributed by atoms with Gasteiger partial charge in [0.2, 0.25) is 5.91 Å². The predicted molar refractivity (Wildman–Crippen MR) is 107 cm³/mol. The fourth-order valence-corrected chi connectivity index (χ4v) is 6.74. The van der Waals surface area contributed by atoms with Gasteiger partial charge in [-0.1, -0.05) is 0 Å². The van der Waals surface area contributed by atoms with Crippen molar-refractivity contribution in [2.24, 2.45) is 0 Å². The molecule has 0 aliphatic carbocycles. The zero-order valence-corrected chi connectivity index (χ0v) is 18.0. The van der Waals surface area contributed by atoms with Crippen LogP contribution in [0.3, 0.4) is 0 Å². The number of anilines is 1. The maximum absolute atomic E-state index is 12.9. The number of thiophene rings is 1. The molecule has 3 rings (SSSR count). The third-order valence-corrected chi connectivity index (χ3v) is 8.24. The Labute approximate surface area is 170 Å². The molecule has 0 radical (unpaired) electrons. The quantitative estimate of drug-likeness (QED) is 0.693. The van der Waals surface area contributed by atoms with Gasteiger partial charge in [-0.3, -0.25) is 4.79 Å². The molecule has 1 aromatic carbocycles. The number of halogens is 1. The van der Waals surface area contributed by atoms with Crippen LogP contribution in [0.25, 0.3) is 0 Å². The van der Waals surface area contributed by atoms with Gasteiger partial charge >= 0.3 is 0 Å². The highest BCUT2D eigenvalue weighted by atomic mass is 79.9. The Bertz CT molecular complexity index is 922. The van der Waals surface area contributed by atoms with Crippen molar-refractivity contribution >= 4 is 48.9 Å². The molecule has 1 aromatic heterocycles. The third kappa shape index (κ3) is 4.29. The van der Waals surface area contributed by atoms with Crippen molar-refractivity contribution < 1.29 is 22.7 Å². The Kier molecular flexibility index (Phi) is 6.09. The molecule has 0 bridgehead atoms. The Morgan fingerprint density at radius 3 is 2.44 bits per heavy atom. The molecule has 0 saturated carbocycles. The summed E-state index contributed by atoms with van der Waals surface area (Å²) in [5, 5.41) is 2.78. The average molecular weight is 475 g/mol. The van der Waals surface area contributed by atoms with Gasteiger partial charge in [0.25, 0.3) is 10.0 Å². The van der Waals surface area contributed by atoms with E-state index >= 15 is 0 Å². The zero-order chi connectivity index (χ0) is 19.6. The number of nitrogens with one attached hydrogen (secondary N) is 1. The molecule has 1 N–H and O–H groups in total. The van der Waals surface area contributed by atoms with E-state index in [9.17, 15) is 13.2 Å². The number of rotatable bonds is 6. The van der Waals surface area contributed by atoms with E-state index in [1.165, 1.54) is 18.5 Å². The summed E-state index contributed by atoms with van der Waals surface area (Å²) in [6.45, 7) is 0.317. The zero-order valence-electron chi connectivity index (χ0n) is 14.8. The Morgan fingerprint density at radius 2 is 1.89 bits per heavy atom. The first-order valence-corrected chi connectivity index (χ1v) is 11.2. The first kappa shape index (κ1) is 20.1. The number of hydrogen-bond donors (Lipinski definition) is 1. The lowest BCUT2D eigenvalue weighted by Gasteiger charge is -2.22. The van der Waals surface area contributed by atoms with Crippen LogP contribution in [-0.4, -0.2) is 45.4 Å². The normalized spacial score (nSPS) is 17.7. The highest BCUT2D eigenvalue weighted by molar-refractivity contribution is 9.11. The minimum Gasteiger partial charge on any atom is -0.497 e. The fraction of sp³-hybridized carbons (Fsp3) is 0.353. The lowest BCUT2D eigenvalue weighted by Crippen LogP contribution is -2.42. The molecule has 7 nitrogen and oxygen atoms in total. The van der Waals surface area contributed by atoms with Gasteiger partial charge in [0.15, 0.2) is 0 Å². The van der Waals surface area contributed by atoms with Crippen LogP contribution in [0.5, 0.6) is 11.5 Å². The SMILES string of the molecule is COc1cc(NC(=O)C2CCCN2S(=O)(=O)c2ccc(Br)s2)cc(OC)c1. The number of carbonyl (C=O) groups excluding carboxylic acids is 1. The number of amides is 1. The van der Waals surface area contributed by atoms with Crippen molar-refractivity contribution in [1.29, 1.82) is 0 Å². The first-order valence-electron chi connectivity index (χ1n) is 8.16. The summed E-state index contributed by atoms with van der Waals surface area (Å²) in [6.07, 6.45) is 1.10. The Hall–Kier alpha value is -1.62. The number of benzene rings is 1. The molecule has 1 saturated heterocycles. The van der Waals surface area contributed by atoms with Crippen LogP contribution in [0.2, 0.25) is 0 Å². The van der Waals surface area contributed by atoms with Crippen molar-refractivity contribution in [2.45, 2.75) is 23.1 Å². The lowest BCUT2D eigenvalue weighted by molar-refractivity contribution is -0.119. The smallest absolute Gasteiger partial charge is 0.253 e. The van der Waals surface area contributed by atoms with Gasteiger partial charge in [-0.25, -0.2) is 8.42 Å². The third-order valence-electron chi connectivity index (χ3n) is 4.24. The van der Waals surface area contributed by atoms with E-state index in [0.29, 0.717) is 36.6 Å². The number of hydrogen-bond acceptors (Lipinski definition) is 6. The van der Waals surface area contributed by atoms with Crippen LogP contribution in [0.1, 0.15) is 12.8 Å². The molecule has 1 aliphatic rings. The van der Waals surface area contributed by atoms with E-state index in [-0.39, 0.29) is 10.1 Å². The maximum Gasteiger partial charge on any atom is 0.253 e. The highest BCUT2D eigenvalue weighted by Gasteiger charge is 2.40. The van der Waals surface area contributed by atoms with Crippen LogP contribution in [0.4, 0.5) is 5.69 Å². The number of carbonyl (C=O) groups is 1. The van der Waals surface area contributed by atoms with Crippen molar-refractivity contribution in [3.05, 3.63) is 34.1 Å². The molecule has 2 heterocycles. The summed E-state index contributed by atoms with van der Waals surface area (Å²) >= 11 is 4.41. The van der Waals surface area contributed by atoms with E-state index in [1.807, 2.05) is 0 Å². The van der Waals surface area contributed by atoms with Crippen molar-refractivity contribution in [1.82, 2.24) is 4.31 Å². The summed E-state index contributed by atoms with van der Waals surface area (Å²) in [7, 11) is -0.681. The van der Waals surface area contributed by atoms with Gasteiger partial charge in [-0.15, -0.1) is 11.3 Å².